The Labute approximate surface area is 97.9 Å². The van der Waals surface area contributed by atoms with E-state index in [1.165, 1.54) is 17.3 Å². The number of carbonyl (C=O) groups is 1. The highest BCUT2D eigenvalue weighted by Crippen LogP contribution is 2.12. The minimum Gasteiger partial charge on any atom is -0.480 e. The molecule has 0 saturated heterocycles. The summed E-state index contributed by atoms with van der Waals surface area (Å²) >= 11 is 6.39. The zero-order chi connectivity index (χ0) is 11.1. The van der Waals surface area contributed by atoms with Gasteiger partial charge in [-0.05, 0) is 5.56 Å². The lowest BCUT2D eigenvalue weighted by atomic mass is 10.2. The molecular formula is C10H11NO2S2. The van der Waals surface area contributed by atoms with E-state index >= 15 is 0 Å². The van der Waals surface area contributed by atoms with Crippen LogP contribution < -0.4 is 5.32 Å². The summed E-state index contributed by atoms with van der Waals surface area (Å²) < 4.78 is 0.515. The SMILES string of the molecule is O=C(O)CNC(=S)SCc1ccccc1. The number of hydrogen-bond donors (Lipinski definition) is 2. The summed E-state index contributed by atoms with van der Waals surface area (Å²) in [5, 5.41) is 11.1. The molecule has 0 aliphatic carbocycles. The molecule has 0 aliphatic heterocycles. The van der Waals surface area contributed by atoms with Crippen LogP contribution >= 0.6 is 24.0 Å². The van der Waals surface area contributed by atoms with Crippen molar-refractivity contribution >= 4 is 34.3 Å². The van der Waals surface area contributed by atoms with Crippen LogP contribution in [0.25, 0.3) is 0 Å². The Hall–Kier alpha value is -1.07. The third-order valence-corrected chi connectivity index (χ3v) is 2.98. The van der Waals surface area contributed by atoms with Gasteiger partial charge in [0.15, 0.2) is 0 Å². The molecule has 2 N–H and O–H groups in total. The Bertz CT molecular complexity index is 341. The van der Waals surface area contributed by atoms with Crippen LogP contribution in [0.2, 0.25) is 0 Å². The molecule has 1 aromatic rings. The third-order valence-electron chi connectivity index (χ3n) is 1.60. The average Bonchev–Trinajstić information content (AvgIpc) is 2.25. The molecule has 0 saturated carbocycles. The van der Waals surface area contributed by atoms with Crippen LogP contribution in [0.4, 0.5) is 0 Å². The summed E-state index contributed by atoms with van der Waals surface area (Å²) in [5.41, 5.74) is 1.17. The average molecular weight is 241 g/mol. The Balaban J connectivity index is 2.26. The highest BCUT2D eigenvalue weighted by atomic mass is 32.2. The molecule has 0 amide bonds. The molecule has 0 aliphatic rings. The quantitative estimate of drug-likeness (QED) is 0.788. The maximum Gasteiger partial charge on any atom is 0.322 e. The maximum atomic E-state index is 10.2. The van der Waals surface area contributed by atoms with Gasteiger partial charge in [-0.1, -0.05) is 54.3 Å². The predicted octanol–water partition coefficient (Wildman–Crippen LogP) is 1.88. The predicted molar refractivity (Wildman–Crippen MR) is 66.0 cm³/mol. The first kappa shape index (κ1) is 12.0. The van der Waals surface area contributed by atoms with Gasteiger partial charge in [0.1, 0.15) is 10.9 Å². The summed E-state index contributed by atoms with van der Waals surface area (Å²) in [5.74, 6) is -0.149. The molecule has 0 atom stereocenters. The standard InChI is InChI=1S/C10H11NO2S2/c12-9(13)6-11-10(14)15-7-8-4-2-1-3-5-8/h1-5H,6-7H2,(H,11,14)(H,12,13). The highest BCUT2D eigenvalue weighted by molar-refractivity contribution is 8.22. The fourth-order valence-corrected chi connectivity index (χ4v) is 1.84. The van der Waals surface area contributed by atoms with Crippen LogP contribution in [0.3, 0.4) is 0 Å². The molecule has 0 spiro atoms. The van der Waals surface area contributed by atoms with E-state index in [1.807, 2.05) is 30.3 Å². The van der Waals surface area contributed by atoms with Crippen LogP contribution in [0.15, 0.2) is 30.3 Å². The highest BCUT2D eigenvalue weighted by Gasteiger charge is 2.00. The number of thioether (sulfide) groups is 1. The van der Waals surface area contributed by atoms with E-state index in [-0.39, 0.29) is 6.54 Å². The van der Waals surface area contributed by atoms with E-state index in [2.05, 4.69) is 5.32 Å². The monoisotopic (exact) mass is 241 g/mol. The second kappa shape index (κ2) is 6.42. The zero-order valence-electron chi connectivity index (χ0n) is 7.97. The summed E-state index contributed by atoms with van der Waals surface area (Å²) in [6.45, 7) is -0.124. The topological polar surface area (TPSA) is 49.3 Å². The van der Waals surface area contributed by atoms with Gasteiger partial charge in [0.2, 0.25) is 0 Å². The molecule has 0 aromatic heterocycles. The third kappa shape index (κ3) is 5.39. The van der Waals surface area contributed by atoms with Gasteiger partial charge < -0.3 is 10.4 Å². The molecule has 3 nitrogen and oxygen atoms in total. The molecule has 1 rings (SSSR count). The first-order chi connectivity index (χ1) is 7.18. The number of carboxylic acids is 1. The van der Waals surface area contributed by atoms with E-state index in [0.717, 1.165) is 5.75 Å². The number of thiocarbonyl (C=S) groups is 1. The smallest absolute Gasteiger partial charge is 0.322 e. The fraction of sp³-hybridized carbons (Fsp3) is 0.200. The van der Waals surface area contributed by atoms with E-state index in [1.54, 1.807) is 0 Å². The van der Waals surface area contributed by atoms with E-state index in [4.69, 9.17) is 17.3 Å². The summed E-state index contributed by atoms with van der Waals surface area (Å²) in [4.78, 5) is 10.2. The number of rotatable bonds is 4. The number of hydrogen-bond acceptors (Lipinski definition) is 3. The summed E-state index contributed by atoms with van der Waals surface area (Å²) in [6, 6.07) is 9.89. The largest absolute Gasteiger partial charge is 0.480 e. The molecule has 0 fully saturated rings. The van der Waals surface area contributed by atoms with Crippen molar-refractivity contribution in [2.75, 3.05) is 6.54 Å². The number of aliphatic carboxylic acids is 1. The zero-order valence-corrected chi connectivity index (χ0v) is 9.61. The lowest BCUT2D eigenvalue weighted by Gasteiger charge is -2.04. The van der Waals surface area contributed by atoms with Gasteiger partial charge in [-0.3, -0.25) is 4.79 Å². The van der Waals surface area contributed by atoms with Crippen molar-refractivity contribution in [3.63, 3.8) is 0 Å². The summed E-state index contributed by atoms with van der Waals surface area (Å²) in [6.07, 6.45) is 0. The molecule has 0 unspecified atom stereocenters. The fourth-order valence-electron chi connectivity index (χ4n) is 0.922. The van der Waals surface area contributed by atoms with Crippen LogP contribution in [0.1, 0.15) is 5.56 Å². The Morgan fingerprint density at radius 1 is 1.40 bits per heavy atom. The molecule has 5 heteroatoms. The molecule has 80 valence electrons. The number of benzene rings is 1. The van der Waals surface area contributed by atoms with Gasteiger partial charge in [-0.15, -0.1) is 0 Å². The van der Waals surface area contributed by atoms with Gasteiger partial charge in [0.05, 0.1) is 0 Å². The molecular weight excluding hydrogens is 230 g/mol. The van der Waals surface area contributed by atoms with Crippen molar-refractivity contribution < 1.29 is 9.90 Å². The first-order valence-electron chi connectivity index (χ1n) is 4.35. The molecule has 1 aromatic carbocycles. The van der Waals surface area contributed by atoms with Crippen LogP contribution in [0.5, 0.6) is 0 Å². The van der Waals surface area contributed by atoms with Gasteiger partial charge in [0.25, 0.3) is 0 Å². The second-order valence-electron chi connectivity index (χ2n) is 2.81. The van der Waals surface area contributed by atoms with Crippen molar-refractivity contribution in [3.05, 3.63) is 35.9 Å². The first-order valence-corrected chi connectivity index (χ1v) is 5.74. The summed E-state index contributed by atoms with van der Waals surface area (Å²) in [7, 11) is 0. The Morgan fingerprint density at radius 3 is 2.67 bits per heavy atom. The van der Waals surface area contributed by atoms with Crippen molar-refractivity contribution in [3.8, 4) is 0 Å². The van der Waals surface area contributed by atoms with Gasteiger partial charge in [0, 0.05) is 5.75 Å². The second-order valence-corrected chi connectivity index (χ2v) is 4.46. The van der Waals surface area contributed by atoms with Crippen LogP contribution in [-0.4, -0.2) is 21.9 Å². The van der Waals surface area contributed by atoms with E-state index in [9.17, 15) is 4.79 Å². The molecule has 0 heterocycles. The van der Waals surface area contributed by atoms with Crippen molar-refractivity contribution in [2.45, 2.75) is 5.75 Å². The minimum atomic E-state index is -0.905. The van der Waals surface area contributed by atoms with Gasteiger partial charge in [-0.2, -0.15) is 0 Å². The van der Waals surface area contributed by atoms with Gasteiger partial charge >= 0.3 is 5.97 Å². The van der Waals surface area contributed by atoms with Crippen molar-refractivity contribution in [1.29, 1.82) is 0 Å². The van der Waals surface area contributed by atoms with Crippen LogP contribution in [0, 0.1) is 0 Å². The minimum absolute atomic E-state index is 0.124. The van der Waals surface area contributed by atoms with Crippen molar-refractivity contribution in [1.82, 2.24) is 5.32 Å². The van der Waals surface area contributed by atoms with Gasteiger partial charge in [-0.25, -0.2) is 0 Å². The number of carboxylic acid groups (broad SMARTS) is 1. The molecule has 0 radical (unpaired) electrons. The Morgan fingerprint density at radius 2 is 2.07 bits per heavy atom. The van der Waals surface area contributed by atoms with E-state index < -0.39 is 5.97 Å². The molecule has 0 bridgehead atoms. The van der Waals surface area contributed by atoms with Crippen LogP contribution in [-0.2, 0) is 10.5 Å². The normalized spacial score (nSPS) is 9.60. The Kier molecular flexibility index (Phi) is 5.14. The van der Waals surface area contributed by atoms with E-state index in [0.29, 0.717) is 4.32 Å². The maximum absolute atomic E-state index is 10.2. The lowest BCUT2D eigenvalue weighted by Crippen LogP contribution is -2.25. The lowest BCUT2D eigenvalue weighted by molar-refractivity contribution is -0.135. The van der Waals surface area contributed by atoms with Crippen molar-refractivity contribution in [2.24, 2.45) is 0 Å². The molecule has 15 heavy (non-hydrogen) atoms. The number of nitrogens with one attached hydrogen (secondary N) is 1.